The Balaban J connectivity index is 1.69. The summed E-state index contributed by atoms with van der Waals surface area (Å²) in [5.74, 6) is -0.909. The van der Waals surface area contributed by atoms with E-state index in [4.69, 9.17) is 9.47 Å². The third kappa shape index (κ3) is 4.36. The molecule has 0 spiro atoms. The minimum Gasteiger partial charge on any atom is -0.504 e. The van der Waals surface area contributed by atoms with Gasteiger partial charge in [-0.1, -0.05) is 46.6 Å². The first-order chi connectivity index (χ1) is 17.4. The molecule has 0 heterocycles. The second kappa shape index (κ2) is 10.0. The van der Waals surface area contributed by atoms with Crippen molar-refractivity contribution in [3.05, 3.63) is 23.5 Å². The van der Waals surface area contributed by atoms with E-state index < -0.39 is 22.4 Å². The van der Waals surface area contributed by atoms with Crippen molar-refractivity contribution in [2.75, 3.05) is 6.61 Å². The third-order valence-electron chi connectivity index (χ3n) is 10.2. The number of carbonyl (C=O) groups excluding carboxylic acids is 4. The maximum absolute atomic E-state index is 13.8. The van der Waals surface area contributed by atoms with Crippen molar-refractivity contribution < 1.29 is 33.8 Å². The van der Waals surface area contributed by atoms with Crippen LogP contribution in [0.5, 0.6) is 0 Å². The van der Waals surface area contributed by atoms with E-state index in [1.165, 1.54) is 0 Å². The predicted octanol–water partition coefficient (Wildman–Crippen LogP) is 5.42. The predicted molar refractivity (Wildman–Crippen MR) is 137 cm³/mol. The zero-order valence-corrected chi connectivity index (χ0v) is 22.9. The molecule has 0 aromatic rings. The summed E-state index contributed by atoms with van der Waals surface area (Å²) in [4.78, 5) is 50.9. The van der Waals surface area contributed by atoms with Gasteiger partial charge < -0.3 is 14.6 Å². The van der Waals surface area contributed by atoms with E-state index in [1.54, 1.807) is 19.1 Å². The van der Waals surface area contributed by atoms with E-state index in [9.17, 15) is 24.3 Å². The number of unbranched alkanes of at least 4 members (excludes halogenated alkanes) is 1. The average Bonchev–Trinajstić information content (AvgIpc) is 3.15. The van der Waals surface area contributed by atoms with Crippen molar-refractivity contribution in [3.63, 3.8) is 0 Å². The fourth-order valence-electron chi connectivity index (χ4n) is 8.31. The Labute approximate surface area is 220 Å². The number of ether oxygens (including phenoxy) is 2. The van der Waals surface area contributed by atoms with Crippen molar-refractivity contribution in [2.24, 2.45) is 34.5 Å². The standard InChI is InChI=1S/C30H42O7/c1-6-8-9-27(35)37-30(25(33)17-36-26(34)7-2)13-11-21-19-14-18(3)22-15-23(31)24(32)16-28(22,4)20(19)10-12-29(21,30)5/h15-16,18-21,32H,6-14,17H2,1-5H3/t18-,19+,20-,21-,28+,29-,30-/m0/s1. The highest BCUT2D eigenvalue weighted by atomic mass is 16.6. The molecule has 0 bridgehead atoms. The number of ketones is 2. The molecule has 0 radical (unpaired) electrons. The summed E-state index contributed by atoms with van der Waals surface area (Å²) in [5, 5.41) is 10.4. The van der Waals surface area contributed by atoms with Crippen LogP contribution in [0, 0.1) is 34.5 Å². The minimum absolute atomic E-state index is 0.130. The summed E-state index contributed by atoms with van der Waals surface area (Å²) >= 11 is 0. The molecule has 7 atom stereocenters. The van der Waals surface area contributed by atoms with Gasteiger partial charge in [-0.3, -0.25) is 19.2 Å². The molecule has 4 aliphatic carbocycles. The van der Waals surface area contributed by atoms with Crippen molar-refractivity contribution >= 4 is 23.5 Å². The molecule has 1 N–H and O–H groups in total. The highest BCUT2D eigenvalue weighted by molar-refractivity contribution is 6.04. The van der Waals surface area contributed by atoms with Crippen LogP contribution in [0.15, 0.2) is 23.5 Å². The molecule has 37 heavy (non-hydrogen) atoms. The van der Waals surface area contributed by atoms with Crippen LogP contribution in [0.4, 0.5) is 0 Å². The van der Waals surface area contributed by atoms with Gasteiger partial charge in [0.05, 0.1) is 0 Å². The molecule has 7 nitrogen and oxygen atoms in total. The Bertz CT molecular complexity index is 1040. The molecule has 7 heteroatoms. The molecule has 204 valence electrons. The number of aliphatic hydroxyl groups is 1. The first-order valence-corrected chi connectivity index (χ1v) is 14.0. The molecule has 0 unspecified atom stereocenters. The van der Waals surface area contributed by atoms with E-state index >= 15 is 0 Å². The molecular weight excluding hydrogens is 472 g/mol. The van der Waals surface area contributed by atoms with Crippen molar-refractivity contribution in [1.29, 1.82) is 0 Å². The van der Waals surface area contributed by atoms with Gasteiger partial charge in [-0.2, -0.15) is 0 Å². The SMILES string of the molecule is CCCCC(=O)O[C@]1(C(=O)COC(=O)CC)CC[C@H]2[C@@H]3C[C@H](C)C4=CC(=O)C(O)=C[C@]4(C)[C@H]3CC[C@@]21C. The van der Waals surface area contributed by atoms with Crippen LogP contribution < -0.4 is 0 Å². The lowest BCUT2D eigenvalue weighted by Crippen LogP contribution is -2.60. The molecule has 4 aliphatic rings. The Morgan fingerprint density at radius 3 is 2.46 bits per heavy atom. The Morgan fingerprint density at radius 1 is 1.08 bits per heavy atom. The molecule has 0 aromatic carbocycles. The van der Waals surface area contributed by atoms with Crippen LogP contribution in [0.1, 0.15) is 92.4 Å². The summed E-state index contributed by atoms with van der Waals surface area (Å²) in [6, 6.07) is 0. The van der Waals surface area contributed by atoms with Crippen LogP contribution >= 0.6 is 0 Å². The number of allylic oxidation sites excluding steroid dienone is 3. The molecule has 4 rings (SSSR count). The van der Waals surface area contributed by atoms with Gasteiger partial charge >= 0.3 is 11.9 Å². The molecular formula is C30H42O7. The second-order valence-electron chi connectivity index (χ2n) is 12.1. The normalized spacial score (nSPS) is 38.5. The molecule has 3 saturated carbocycles. The van der Waals surface area contributed by atoms with Gasteiger partial charge in [0, 0.05) is 23.7 Å². The zero-order chi connectivity index (χ0) is 27.2. The number of fused-ring (bicyclic) bond motifs is 5. The highest BCUT2D eigenvalue weighted by Gasteiger charge is 2.69. The fourth-order valence-corrected chi connectivity index (χ4v) is 8.31. The Morgan fingerprint density at radius 2 is 1.78 bits per heavy atom. The van der Waals surface area contributed by atoms with Gasteiger partial charge in [0.2, 0.25) is 11.6 Å². The van der Waals surface area contributed by atoms with Gasteiger partial charge in [-0.15, -0.1) is 0 Å². The number of rotatable bonds is 8. The number of esters is 2. The first kappa shape index (κ1) is 27.6. The van der Waals surface area contributed by atoms with Gasteiger partial charge in [-0.05, 0) is 74.3 Å². The second-order valence-corrected chi connectivity index (χ2v) is 12.1. The van der Waals surface area contributed by atoms with Crippen LogP contribution in [0.3, 0.4) is 0 Å². The highest BCUT2D eigenvalue weighted by Crippen LogP contribution is 2.68. The summed E-state index contributed by atoms with van der Waals surface area (Å²) in [7, 11) is 0. The van der Waals surface area contributed by atoms with E-state index in [0.717, 1.165) is 31.3 Å². The van der Waals surface area contributed by atoms with Crippen LogP contribution in [-0.4, -0.2) is 40.8 Å². The van der Waals surface area contributed by atoms with Gasteiger partial charge in [0.25, 0.3) is 0 Å². The molecule has 0 aromatic heterocycles. The van der Waals surface area contributed by atoms with Gasteiger partial charge in [0.1, 0.15) is 0 Å². The largest absolute Gasteiger partial charge is 0.504 e. The number of carbonyl (C=O) groups is 4. The monoisotopic (exact) mass is 514 g/mol. The Kier molecular flexibility index (Phi) is 7.48. The summed E-state index contributed by atoms with van der Waals surface area (Å²) in [6.45, 7) is 9.65. The Hall–Kier alpha value is -2.44. The maximum Gasteiger partial charge on any atom is 0.306 e. The molecule has 0 saturated heterocycles. The van der Waals surface area contributed by atoms with Crippen molar-refractivity contribution in [2.45, 2.75) is 98.0 Å². The zero-order valence-electron chi connectivity index (χ0n) is 22.9. The molecule has 3 fully saturated rings. The quantitative estimate of drug-likeness (QED) is 0.431. The van der Waals surface area contributed by atoms with E-state index in [2.05, 4.69) is 20.8 Å². The van der Waals surface area contributed by atoms with Gasteiger partial charge in [-0.25, -0.2) is 0 Å². The van der Waals surface area contributed by atoms with Crippen LogP contribution in [0.25, 0.3) is 0 Å². The topological polar surface area (TPSA) is 107 Å². The molecule has 0 amide bonds. The lowest BCUT2D eigenvalue weighted by atomic mass is 9.45. The fraction of sp³-hybridized carbons (Fsp3) is 0.733. The number of Topliss-reactive ketones (excluding diaryl/α,β-unsaturated/α-hetero) is 1. The van der Waals surface area contributed by atoms with Crippen molar-refractivity contribution in [3.8, 4) is 0 Å². The number of aliphatic hydroxyl groups excluding tert-OH is 1. The van der Waals surface area contributed by atoms with E-state index in [1.807, 2.05) is 6.92 Å². The summed E-state index contributed by atoms with van der Waals surface area (Å²) in [6.07, 6.45) is 8.86. The van der Waals surface area contributed by atoms with E-state index in [0.29, 0.717) is 19.3 Å². The lowest BCUT2D eigenvalue weighted by molar-refractivity contribution is -0.192. The van der Waals surface area contributed by atoms with Crippen molar-refractivity contribution in [1.82, 2.24) is 0 Å². The number of hydrogen-bond donors (Lipinski definition) is 1. The lowest BCUT2D eigenvalue weighted by Gasteiger charge is -2.59. The maximum atomic E-state index is 13.8. The summed E-state index contributed by atoms with van der Waals surface area (Å²) in [5.41, 5.74) is -1.25. The third-order valence-corrected chi connectivity index (χ3v) is 10.2. The van der Waals surface area contributed by atoms with Crippen LogP contribution in [0.2, 0.25) is 0 Å². The minimum atomic E-state index is -1.32. The molecule has 0 aliphatic heterocycles. The summed E-state index contributed by atoms with van der Waals surface area (Å²) < 4.78 is 11.4. The van der Waals surface area contributed by atoms with Crippen LogP contribution in [-0.2, 0) is 28.7 Å². The first-order valence-electron chi connectivity index (χ1n) is 14.0. The average molecular weight is 515 g/mol. The number of hydrogen-bond acceptors (Lipinski definition) is 7. The van der Waals surface area contributed by atoms with Gasteiger partial charge in [0.15, 0.2) is 18.0 Å². The van der Waals surface area contributed by atoms with E-state index in [-0.39, 0.29) is 66.4 Å². The smallest absolute Gasteiger partial charge is 0.306 e.